The highest BCUT2D eigenvalue weighted by Gasteiger charge is 2.28. The van der Waals surface area contributed by atoms with E-state index in [1.807, 2.05) is 49.9 Å². The molecule has 2 heterocycles. The predicted octanol–water partition coefficient (Wildman–Crippen LogP) is 4.83. The lowest BCUT2D eigenvalue weighted by molar-refractivity contribution is 0.0500. The second-order valence-electron chi connectivity index (χ2n) is 8.72. The Morgan fingerprint density at radius 2 is 2.13 bits per heavy atom. The van der Waals surface area contributed by atoms with E-state index in [1.54, 1.807) is 0 Å². The van der Waals surface area contributed by atoms with Gasteiger partial charge in [0, 0.05) is 35.4 Å². The van der Waals surface area contributed by atoms with Crippen LogP contribution in [0.25, 0.3) is 21.8 Å². The molecule has 1 aliphatic rings. The van der Waals surface area contributed by atoms with Crippen LogP contribution in [0.15, 0.2) is 30.3 Å². The topological polar surface area (TPSA) is 81.2 Å². The van der Waals surface area contributed by atoms with Gasteiger partial charge in [0.05, 0.1) is 16.8 Å². The van der Waals surface area contributed by atoms with Crippen molar-refractivity contribution in [3.05, 3.63) is 41.7 Å². The van der Waals surface area contributed by atoms with Crippen molar-refractivity contribution in [3.63, 3.8) is 0 Å². The van der Waals surface area contributed by atoms with E-state index in [0.717, 1.165) is 23.7 Å². The summed E-state index contributed by atoms with van der Waals surface area (Å²) in [5, 5.41) is 14.0. The molecular formula is C23H25FN4O2. The number of para-hydroxylation sites is 1. The first-order valence-corrected chi connectivity index (χ1v) is 10.1. The number of piperidine rings is 1. The van der Waals surface area contributed by atoms with Crippen LogP contribution in [0.4, 0.5) is 14.9 Å². The van der Waals surface area contributed by atoms with Crippen LogP contribution in [0.1, 0.15) is 39.2 Å². The zero-order chi connectivity index (χ0) is 21.5. The van der Waals surface area contributed by atoms with Gasteiger partial charge in [0.25, 0.3) is 0 Å². The molecule has 0 radical (unpaired) electrons. The van der Waals surface area contributed by atoms with Gasteiger partial charge in [-0.05, 0) is 45.7 Å². The van der Waals surface area contributed by atoms with Gasteiger partial charge >= 0.3 is 6.09 Å². The average Bonchev–Trinajstić information content (AvgIpc) is 3.05. The summed E-state index contributed by atoms with van der Waals surface area (Å²) in [5.74, 6) is -0.429. The van der Waals surface area contributed by atoms with Crippen LogP contribution >= 0.6 is 0 Å². The standard InChI is InChI=1S/C23H25FN4O2/c1-23(2,3)30-22(29)26-15-7-6-10-28(13-15)21-17(24)11-14(12-25)20-19(21)16-8-4-5-9-18(16)27-20/h4-5,8-9,11,15,27H,6-7,10,13H2,1-3H3,(H,26,29)/t15-/m0/s1. The molecule has 4 rings (SSSR count). The Labute approximate surface area is 174 Å². The van der Waals surface area contributed by atoms with E-state index in [0.29, 0.717) is 29.7 Å². The number of ether oxygens (including phenoxy) is 1. The number of rotatable bonds is 2. The number of nitrogens with zero attached hydrogens (tertiary/aromatic N) is 2. The lowest BCUT2D eigenvalue weighted by Gasteiger charge is -2.35. The number of carbonyl (C=O) groups is 1. The molecular weight excluding hydrogens is 383 g/mol. The smallest absolute Gasteiger partial charge is 0.407 e. The summed E-state index contributed by atoms with van der Waals surface area (Å²) in [6.45, 7) is 6.60. The van der Waals surface area contributed by atoms with Crippen LogP contribution in [0.3, 0.4) is 0 Å². The van der Waals surface area contributed by atoms with E-state index in [-0.39, 0.29) is 11.6 Å². The Kier molecular flexibility index (Phi) is 5.02. The minimum atomic E-state index is -0.576. The highest BCUT2D eigenvalue weighted by molar-refractivity contribution is 6.15. The summed E-state index contributed by atoms with van der Waals surface area (Å²) in [7, 11) is 0. The van der Waals surface area contributed by atoms with Crippen molar-refractivity contribution in [1.82, 2.24) is 10.3 Å². The van der Waals surface area contributed by atoms with Crippen LogP contribution in [0.5, 0.6) is 0 Å². The summed E-state index contributed by atoms with van der Waals surface area (Å²) in [5.41, 5.74) is 1.67. The third kappa shape index (κ3) is 3.78. The van der Waals surface area contributed by atoms with Crippen molar-refractivity contribution in [2.45, 2.75) is 45.3 Å². The highest BCUT2D eigenvalue weighted by Crippen LogP contribution is 2.38. The third-order valence-electron chi connectivity index (χ3n) is 5.29. The molecule has 0 bridgehead atoms. The molecule has 1 aromatic heterocycles. The van der Waals surface area contributed by atoms with Gasteiger partial charge in [-0.25, -0.2) is 9.18 Å². The number of fused-ring (bicyclic) bond motifs is 3. The first-order valence-electron chi connectivity index (χ1n) is 10.1. The van der Waals surface area contributed by atoms with E-state index in [4.69, 9.17) is 4.74 Å². The van der Waals surface area contributed by atoms with E-state index in [1.165, 1.54) is 6.07 Å². The van der Waals surface area contributed by atoms with Crippen molar-refractivity contribution in [2.24, 2.45) is 0 Å². The van der Waals surface area contributed by atoms with Gasteiger partial charge in [0.1, 0.15) is 17.5 Å². The number of hydrogen-bond acceptors (Lipinski definition) is 4. The minimum Gasteiger partial charge on any atom is -0.444 e. The monoisotopic (exact) mass is 408 g/mol. The second-order valence-corrected chi connectivity index (χ2v) is 8.72. The van der Waals surface area contributed by atoms with Gasteiger partial charge in [-0.3, -0.25) is 0 Å². The van der Waals surface area contributed by atoms with Gasteiger partial charge in [0.15, 0.2) is 0 Å². The van der Waals surface area contributed by atoms with Crippen LogP contribution in [0, 0.1) is 17.1 Å². The first-order chi connectivity index (χ1) is 14.3. The molecule has 1 fully saturated rings. The molecule has 0 saturated carbocycles. The largest absolute Gasteiger partial charge is 0.444 e. The normalized spacial score (nSPS) is 17.2. The van der Waals surface area contributed by atoms with Crippen LogP contribution in [0.2, 0.25) is 0 Å². The fourth-order valence-electron chi connectivity index (χ4n) is 4.15. The molecule has 0 spiro atoms. The van der Waals surface area contributed by atoms with Crippen LogP contribution < -0.4 is 10.2 Å². The molecule has 2 N–H and O–H groups in total. The van der Waals surface area contributed by atoms with Crippen molar-refractivity contribution in [1.29, 1.82) is 5.26 Å². The maximum absolute atomic E-state index is 15.3. The zero-order valence-corrected chi connectivity index (χ0v) is 17.4. The van der Waals surface area contributed by atoms with Crippen LogP contribution in [-0.4, -0.2) is 35.8 Å². The molecule has 0 unspecified atom stereocenters. The van der Waals surface area contributed by atoms with Gasteiger partial charge in [-0.1, -0.05) is 18.2 Å². The lowest BCUT2D eigenvalue weighted by Crippen LogP contribution is -2.49. The Bertz CT molecular complexity index is 1160. The summed E-state index contributed by atoms with van der Waals surface area (Å²) in [6.07, 6.45) is 1.14. The first kappa shape index (κ1) is 20.0. The quantitative estimate of drug-likeness (QED) is 0.637. The predicted molar refractivity (Wildman–Crippen MR) is 115 cm³/mol. The van der Waals surface area contributed by atoms with Crippen LogP contribution in [-0.2, 0) is 4.74 Å². The zero-order valence-electron chi connectivity index (χ0n) is 17.4. The molecule has 30 heavy (non-hydrogen) atoms. The van der Waals surface area contributed by atoms with Crippen molar-refractivity contribution in [3.8, 4) is 6.07 Å². The summed E-state index contributed by atoms with van der Waals surface area (Å²) in [6, 6.07) is 10.9. The molecule has 156 valence electrons. The molecule has 3 aromatic rings. The van der Waals surface area contributed by atoms with Gasteiger partial charge in [-0.2, -0.15) is 5.26 Å². The van der Waals surface area contributed by atoms with E-state index < -0.39 is 17.5 Å². The molecule has 1 atom stereocenters. The number of alkyl carbamates (subject to hydrolysis) is 1. The number of H-pyrrole nitrogens is 1. The summed E-state index contributed by atoms with van der Waals surface area (Å²) in [4.78, 5) is 17.4. The number of aromatic nitrogens is 1. The molecule has 6 nitrogen and oxygen atoms in total. The van der Waals surface area contributed by atoms with Gasteiger partial charge in [0.2, 0.25) is 0 Å². The summed E-state index contributed by atoms with van der Waals surface area (Å²) >= 11 is 0. The number of nitrogens with one attached hydrogen (secondary N) is 2. The number of amides is 1. The number of halogens is 1. The molecule has 1 aliphatic heterocycles. The second kappa shape index (κ2) is 7.52. The molecule has 1 saturated heterocycles. The molecule has 0 aliphatic carbocycles. The summed E-state index contributed by atoms with van der Waals surface area (Å²) < 4.78 is 20.6. The molecule has 2 aromatic carbocycles. The number of hydrogen-bond donors (Lipinski definition) is 2. The fourth-order valence-corrected chi connectivity index (χ4v) is 4.15. The van der Waals surface area contributed by atoms with E-state index >= 15 is 4.39 Å². The number of aromatic amines is 1. The highest BCUT2D eigenvalue weighted by atomic mass is 19.1. The number of anilines is 1. The van der Waals surface area contributed by atoms with Gasteiger partial charge in [-0.15, -0.1) is 0 Å². The van der Waals surface area contributed by atoms with Gasteiger partial charge < -0.3 is 19.9 Å². The van der Waals surface area contributed by atoms with Crippen molar-refractivity contribution in [2.75, 3.05) is 18.0 Å². The lowest BCUT2D eigenvalue weighted by atomic mass is 10.0. The number of benzene rings is 2. The maximum atomic E-state index is 15.3. The van der Waals surface area contributed by atoms with E-state index in [9.17, 15) is 10.1 Å². The Hall–Kier alpha value is -3.27. The fraction of sp³-hybridized carbons (Fsp3) is 0.391. The maximum Gasteiger partial charge on any atom is 0.407 e. The molecule has 7 heteroatoms. The number of nitriles is 1. The third-order valence-corrected chi connectivity index (χ3v) is 5.29. The number of carbonyl (C=O) groups excluding carboxylic acids is 1. The SMILES string of the molecule is CC(C)(C)OC(=O)N[C@H]1CCCN(c2c(F)cc(C#N)c3[nH]c4ccccc4c23)C1. The van der Waals surface area contributed by atoms with Crippen molar-refractivity contribution < 1.29 is 13.9 Å². The molecule has 1 amide bonds. The van der Waals surface area contributed by atoms with E-state index in [2.05, 4.69) is 16.4 Å². The minimum absolute atomic E-state index is 0.149. The Morgan fingerprint density at radius 1 is 1.37 bits per heavy atom. The Balaban J connectivity index is 1.71. The van der Waals surface area contributed by atoms with Crippen molar-refractivity contribution >= 4 is 33.6 Å². The Morgan fingerprint density at radius 3 is 2.87 bits per heavy atom. The average molecular weight is 408 g/mol.